The topological polar surface area (TPSA) is 133 Å². The third-order valence-corrected chi connectivity index (χ3v) is 5.74. The van der Waals surface area contributed by atoms with Crippen LogP contribution >= 0.6 is 0 Å². The van der Waals surface area contributed by atoms with E-state index in [1.165, 1.54) is 6.26 Å². The Balaban J connectivity index is 1.49. The smallest absolute Gasteiger partial charge is 0.258 e. The fraction of sp³-hybridized carbons (Fsp3) is 0.474. The molecule has 150 valence electrons. The van der Waals surface area contributed by atoms with E-state index in [4.69, 9.17) is 13.9 Å². The van der Waals surface area contributed by atoms with Crippen LogP contribution in [0.15, 0.2) is 27.6 Å². The second-order valence-corrected chi connectivity index (χ2v) is 7.34. The maximum atomic E-state index is 13.0. The number of H-pyrrole nitrogens is 1. The molecule has 0 saturated carbocycles. The van der Waals surface area contributed by atoms with E-state index >= 15 is 0 Å². The van der Waals surface area contributed by atoms with Crippen LogP contribution in [0, 0.1) is 17.2 Å². The zero-order valence-electron chi connectivity index (χ0n) is 15.5. The number of aromatic amines is 1. The number of furan rings is 1. The van der Waals surface area contributed by atoms with Crippen LogP contribution in [0.2, 0.25) is 0 Å². The number of nitrogens with one attached hydrogen (secondary N) is 2. The summed E-state index contributed by atoms with van der Waals surface area (Å²) in [4.78, 5) is 34.7. The first-order chi connectivity index (χ1) is 14.1. The highest BCUT2D eigenvalue weighted by molar-refractivity contribution is 5.97. The standard InChI is InChI=1S/C19H19N5O5/c20-10-11-13(12-2-1-7-27-12)14-15(21-16(11)25)22-18(23-17(14)26)24-5-3-19(4-6-24)28-8-9-29-19/h1-2,7,11,13H,3-6,8-9H2,(H2,21,22,23,25,26). The van der Waals surface area contributed by atoms with E-state index in [2.05, 4.69) is 15.3 Å². The van der Waals surface area contributed by atoms with Crippen molar-refractivity contribution in [3.8, 4) is 6.07 Å². The van der Waals surface area contributed by atoms with E-state index in [0.29, 0.717) is 50.9 Å². The molecule has 0 bridgehead atoms. The van der Waals surface area contributed by atoms with Gasteiger partial charge in [0.25, 0.3) is 5.56 Å². The molecule has 10 nitrogen and oxygen atoms in total. The summed E-state index contributed by atoms with van der Waals surface area (Å²) in [5.74, 6) is -2.02. The van der Waals surface area contributed by atoms with Gasteiger partial charge in [0.1, 0.15) is 17.5 Å². The van der Waals surface area contributed by atoms with Gasteiger partial charge in [-0.1, -0.05) is 0 Å². The van der Waals surface area contributed by atoms with E-state index < -0.39 is 29.1 Å². The predicted molar refractivity (Wildman–Crippen MR) is 99.2 cm³/mol. The van der Waals surface area contributed by atoms with Crippen molar-refractivity contribution in [2.45, 2.75) is 24.5 Å². The minimum absolute atomic E-state index is 0.162. The molecule has 0 aliphatic carbocycles. The van der Waals surface area contributed by atoms with Crippen molar-refractivity contribution in [3.05, 3.63) is 40.1 Å². The first kappa shape index (κ1) is 17.9. The summed E-state index contributed by atoms with van der Waals surface area (Å²) in [7, 11) is 0. The average Bonchev–Trinajstić information content (AvgIpc) is 3.40. The molecule has 1 amide bonds. The summed E-state index contributed by atoms with van der Waals surface area (Å²) < 4.78 is 16.9. The molecule has 3 aliphatic heterocycles. The Morgan fingerprint density at radius 3 is 2.66 bits per heavy atom. The minimum atomic E-state index is -1.08. The fourth-order valence-corrected chi connectivity index (χ4v) is 4.27. The van der Waals surface area contributed by atoms with Crippen molar-refractivity contribution in [3.63, 3.8) is 0 Å². The summed E-state index contributed by atoms with van der Waals surface area (Å²) in [6.45, 7) is 2.37. The minimum Gasteiger partial charge on any atom is -0.469 e. The van der Waals surface area contributed by atoms with E-state index in [1.54, 1.807) is 12.1 Å². The highest BCUT2D eigenvalue weighted by atomic mass is 16.7. The second-order valence-electron chi connectivity index (χ2n) is 7.34. The summed E-state index contributed by atoms with van der Waals surface area (Å²) in [5.41, 5.74) is -0.175. The third-order valence-electron chi connectivity index (χ3n) is 5.74. The van der Waals surface area contributed by atoms with Crippen molar-refractivity contribution in [2.75, 3.05) is 36.5 Å². The monoisotopic (exact) mass is 397 g/mol. The van der Waals surface area contributed by atoms with Crippen LogP contribution in [0.25, 0.3) is 0 Å². The van der Waals surface area contributed by atoms with Crippen molar-refractivity contribution < 1.29 is 18.7 Å². The molecule has 2 saturated heterocycles. The number of fused-ring (bicyclic) bond motifs is 1. The molecular formula is C19H19N5O5. The molecule has 2 aromatic heterocycles. The van der Waals surface area contributed by atoms with Crippen molar-refractivity contribution in [1.29, 1.82) is 5.26 Å². The first-order valence-electron chi connectivity index (χ1n) is 9.51. The molecule has 1 spiro atoms. The molecule has 2 aromatic rings. The first-order valence-corrected chi connectivity index (χ1v) is 9.51. The largest absolute Gasteiger partial charge is 0.469 e. The molecular weight excluding hydrogens is 378 g/mol. The van der Waals surface area contributed by atoms with Gasteiger partial charge in [0.2, 0.25) is 11.9 Å². The van der Waals surface area contributed by atoms with Gasteiger partial charge in [-0.25, -0.2) is 0 Å². The Hall–Kier alpha value is -3.16. The normalized spacial score (nSPS) is 25.5. The van der Waals surface area contributed by atoms with Crippen LogP contribution in [0.3, 0.4) is 0 Å². The van der Waals surface area contributed by atoms with Gasteiger partial charge in [-0.05, 0) is 12.1 Å². The fourth-order valence-electron chi connectivity index (χ4n) is 4.27. The average molecular weight is 397 g/mol. The highest BCUT2D eigenvalue weighted by Crippen LogP contribution is 2.39. The Labute approximate surface area is 165 Å². The molecule has 3 aliphatic rings. The number of hydrogen-bond donors (Lipinski definition) is 2. The second kappa shape index (κ2) is 6.72. The number of amides is 1. The van der Waals surface area contributed by atoms with Gasteiger partial charge in [0.15, 0.2) is 5.79 Å². The third kappa shape index (κ3) is 2.90. The quantitative estimate of drug-likeness (QED) is 0.764. The molecule has 10 heteroatoms. The number of nitriles is 1. The Kier molecular flexibility index (Phi) is 4.15. The molecule has 2 unspecified atom stereocenters. The SMILES string of the molecule is N#CC1C(=O)Nc2nc(N3CCC4(CC3)OCCO4)[nH]c(=O)c2C1c1ccco1. The maximum Gasteiger partial charge on any atom is 0.258 e. The lowest BCUT2D eigenvalue weighted by Crippen LogP contribution is -2.46. The molecule has 2 atom stereocenters. The van der Waals surface area contributed by atoms with Crippen molar-refractivity contribution >= 4 is 17.7 Å². The molecule has 29 heavy (non-hydrogen) atoms. The van der Waals surface area contributed by atoms with Gasteiger partial charge in [-0.3, -0.25) is 14.6 Å². The van der Waals surface area contributed by atoms with Gasteiger partial charge in [0.05, 0.1) is 37.0 Å². The lowest BCUT2D eigenvalue weighted by Gasteiger charge is -2.38. The lowest BCUT2D eigenvalue weighted by atomic mass is 9.82. The number of aromatic nitrogens is 2. The molecule has 2 N–H and O–H groups in total. The van der Waals surface area contributed by atoms with Gasteiger partial charge in [-0.2, -0.15) is 10.2 Å². The predicted octanol–water partition coefficient (Wildman–Crippen LogP) is 0.930. The van der Waals surface area contributed by atoms with Crippen LogP contribution in [0.4, 0.5) is 11.8 Å². The van der Waals surface area contributed by atoms with Gasteiger partial charge in [0, 0.05) is 25.9 Å². The molecule has 0 radical (unpaired) electrons. The lowest BCUT2D eigenvalue weighted by molar-refractivity contribution is -0.169. The highest BCUT2D eigenvalue weighted by Gasteiger charge is 2.43. The van der Waals surface area contributed by atoms with Crippen LogP contribution in [-0.2, 0) is 14.3 Å². The van der Waals surface area contributed by atoms with Crippen LogP contribution in [0.1, 0.15) is 30.1 Å². The summed E-state index contributed by atoms with van der Waals surface area (Å²) in [6.07, 6.45) is 2.76. The Bertz CT molecular complexity index is 1020. The number of carbonyl (C=O) groups excluding carboxylic acids is 1. The van der Waals surface area contributed by atoms with Crippen LogP contribution in [0.5, 0.6) is 0 Å². The van der Waals surface area contributed by atoms with E-state index in [-0.39, 0.29) is 11.4 Å². The zero-order valence-corrected chi connectivity index (χ0v) is 15.5. The number of nitrogens with zero attached hydrogens (tertiary/aromatic N) is 3. The number of anilines is 2. The van der Waals surface area contributed by atoms with Crippen LogP contribution < -0.4 is 15.8 Å². The van der Waals surface area contributed by atoms with E-state index in [9.17, 15) is 14.9 Å². The molecule has 2 fully saturated rings. The number of carbonyl (C=O) groups is 1. The Morgan fingerprint density at radius 2 is 2.00 bits per heavy atom. The summed E-state index contributed by atoms with van der Waals surface area (Å²) >= 11 is 0. The van der Waals surface area contributed by atoms with Crippen molar-refractivity contribution in [2.24, 2.45) is 5.92 Å². The number of rotatable bonds is 2. The number of hydrogen-bond acceptors (Lipinski definition) is 8. The van der Waals surface area contributed by atoms with E-state index in [0.717, 1.165) is 0 Å². The van der Waals surface area contributed by atoms with E-state index in [1.807, 2.05) is 11.0 Å². The van der Waals surface area contributed by atoms with Gasteiger partial charge >= 0.3 is 0 Å². The van der Waals surface area contributed by atoms with Gasteiger partial charge < -0.3 is 24.1 Å². The Morgan fingerprint density at radius 1 is 1.24 bits per heavy atom. The molecule has 0 aromatic carbocycles. The molecule has 5 rings (SSSR count). The summed E-state index contributed by atoms with van der Waals surface area (Å²) in [5, 5.41) is 12.1. The van der Waals surface area contributed by atoms with Gasteiger partial charge in [-0.15, -0.1) is 0 Å². The molecule has 5 heterocycles. The summed E-state index contributed by atoms with van der Waals surface area (Å²) in [6, 6.07) is 5.28. The maximum absolute atomic E-state index is 13.0. The van der Waals surface area contributed by atoms with Crippen LogP contribution in [-0.4, -0.2) is 48.0 Å². The number of ether oxygens (including phenoxy) is 2. The number of piperidine rings is 1. The zero-order chi connectivity index (χ0) is 20.0. The van der Waals surface area contributed by atoms with Crippen molar-refractivity contribution in [1.82, 2.24) is 9.97 Å².